The molecule has 0 bridgehead atoms. The molecule has 13 heteroatoms. The van der Waals surface area contributed by atoms with Crippen LogP contribution < -0.4 is 21.3 Å². The van der Waals surface area contributed by atoms with Gasteiger partial charge in [0.05, 0.1) is 13.1 Å². The summed E-state index contributed by atoms with van der Waals surface area (Å²) in [6, 6.07) is 6.55. The highest BCUT2D eigenvalue weighted by Gasteiger charge is 2.32. The average Bonchev–Trinajstić information content (AvgIpc) is 3.18. The van der Waals surface area contributed by atoms with E-state index in [0.29, 0.717) is 4.47 Å². The Balaban J connectivity index is 1.71. The molecule has 0 fully saturated rings. The van der Waals surface area contributed by atoms with Gasteiger partial charge in [-0.25, -0.2) is 4.79 Å². The van der Waals surface area contributed by atoms with Crippen LogP contribution in [-0.4, -0.2) is 31.6 Å². The maximum atomic E-state index is 12.6. The Morgan fingerprint density at radius 1 is 1.23 bits per heavy atom. The minimum absolute atomic E-state index is 0.0365. The van der Waals surface area contributed by atoms with Gasteiger partial charge in [0.15, 0.2) is 0 Å². The van der Waals surface area contributed by atoms with E-state index in [9.17, 15) is 27.6 Å². The number of nitrogens with one attached hydrogen (secondary N) is 2. The smallest absolute Gasteiger partial charge is 0.405 e. The van der Waals surface area contributed by atoms with E-state index in [0.717, 1.165) is 16.7 Å². The summed E-state index contributed by atoms with van der Waals surface area (Å²) in [5, 5.41) is 6.32. The topological polar surface area (TPSA) is 111 Å². The zero-order valence-corrected chi connectivity index (χ0v) is 17.2. The summed E-state index contributed by atoms with van der Waals surface area (Å²) in [6.45, 7) is -0.0240. The number of rotatable bonds is 7. The Hall–Kier alpha value is -3.35. The lowest BCUT2D eigenvalue weighted by Crippen LogP contribution is -2.39. The zero-order chi connectivity index (χ0) is 22.6. The molecule has 9 nitrogen and oxygen atoms in total. The van der Waals surface area contributed by atoms with Crippen LogP contribution in [0.3, 0.4) is 0 Å². The van der Waals surface area contributed by atoms with Crippen molar-refractivity contribution in [3.63, 3.8) is 0 Å². The highest BCUT2D eigenvalue weighted by Crippen LogP contribution is 2.29. The lowest BCUT2D eigenvalue weighted by atomic mass is 10.2. The molecule has 0 aliphatic heterocycles. The summed E-state index contributed by atoms with van der Waals surface area (Å²) in [6.07, 6.45) is -1.69. The molecule has 0 aliphatic carbocycles. The predicted octanol–water partition coefficient (Wildman–Crippen LogP) is 2.02. The van der Waals surface area contributed by atoms with Gasteiger partial charge >= 0.3 is 12.1 Å². The second-order valence-corrected chi connectivity index (χ2v) is 7.15. The fraction of sp³-hybridized carbons (Fsp3) is 0.222. The number of carbonyl (C=O) groups excluding carboxylic acids is 1. The first-order valence-electron chi connectivity index (χ1n) is 8.76. The first-order valence-corrected chi connectivity index (χ1v) is 9.55. The van der Waals surface area contributed by atoms with Crippen LogP contribution >= 0.6 is 15.9 Å². The van der Waals surface area contributed by atoms with Gasteiger partial charge in [0.25, 0.3) is 11.5 Å². The molecule has 3 aromatic rings. The first-order chi connectivity index (χ1) is 14.6. The van der Waals surface area contributed by atoms with Crippen LogP contribution in [0.5, 0.6) is 5.75 Å². The largest absolute Gasteiger partial charge is 0.573 e. The Labute approximate surface area is 180 Å². The van der Waals surface area contributed by atoms with Crippen LogP contribution in [0, 0.1) is 0 Å². The maximum absolute atomic E-state index is 12.6. The van der Waals surface area contributed by atoms with Crippen molar-refractivity contribution >= 4 is 21.8 Å². The fourth-order valence-corrected chi connectivity index (χ4v) is 2.99. The summed E-state index contributed by atoms with van der Waals surface area (Å²) >= 11 is 3.05. The predicted molar refractivity (Wildman–Crippen MR) is 106 cm³/mol. The normalized spacial score (nSPS) is 11.4. The highest BCUT2D eigenvalue weighted by molar-refractivity contribution is 9.10. The molecule has 2 heterocycles. The second kappa shape index (κ2) is 9.20. The molecule has 0 spiro atoms. The van der Waals surface area contributed by atoms with Gasteiger partial charge in [-0.3, -0.25) is 18.8 Å². The molecule has 3 rings (SSSR count). The van der Waals surface area contributed by atoms with Gasteiger partial charge in [0.1, 0.15) is 11.4 Å². The monoisotopic (exact) mass is 501 g/mol. The van der Waals surface area contributed by atoms with E-state index < -0.39 is 29.3 Å². The van der Waals surface area contributed by atoms with Crippen molar-refractivity contribution in [2.75, 3.05) is 0 Å². The fourth-order valence-electron chi connectivity index (χ4n) is 2.65. The number of carbonyl (C=O) groups is 1. The van der Waals surface area contributed by atoms with Crippen molar-refractivity contribution in [3.8, 4) is 5.75 Å². The van der Waals surface area contributed by atoms with Crippen LogP contribution in [0.1, 0.15) is 16.1 Å². The Morgan fingerprint density at radius 3 is 2.65 bits per heavy atom. The van der Waals surface area contributed by atoms with Gasteiger partial charge in [-0.05, 0) is 18.2 Å². The number of hydrogen-bond donors (Lipinski definition) is 2. The first kappa shape index (κ1) is 22.3. The van der Waals surface area contributed by atoms with Crippen molar-refractivity contribution in [2.45, 2.75) is 26.0 Å². The van der Waals surface area contributed by atoms with Crippen LogP contribution in [0.15, 0.2) is 56.8 Å². The molecule has 0 atom stereocenters. The van der Waals surface area contributed by atoms with Crippen LogP contribution in [0.4, 0.5) is 13.2 Å². The molecule has 164 valence electrons. The van der Waals surface area contributed by atoms with Crippen LogP contribution in [0.25, 0.3) is 0 Å². The van der Waals surface area contributed by atoms with Crippen molar-refractivity contribution in [2.24, 2.45) is 0 Å². The van der Waals surface area contributed by atoms with Gasteiger partial charge < -0.3 is 15.0 Å². The summed E-state index contributed by atoms with van der Waals surface area (Å²) in [5.41, 5.74) is -1.77. The van der Waals surface area contributed by atoms with E-state index >= 15 is 0 Å². The second-order valence-electron chi connectivity index (χ2n) is 6.23. The van der Waals surface area contributed by atoms with E-state index in [1.165, 1.54) is 16.8 Å². The van der Waals surface area contributed by atoms with Crippen molar-refractivity contribution < 1.29 is 22.7 Å². The van der Waals surface area contributed by atoms with Crippen molar-refractivity contribution in [1.29, 1.82) is 0 Å². The number of aromatic nitrogens is 4. The summed E-state index contributed by atoms with van der Waals surface area (Å²) in [4.78, 5) is 39.0. The Kier molecular flexibility index (Phi) is 6.63. The van der Waals surface area contributed by atoms with E-state index in [2.05, 4.69) is 36.1 Å². The number of aromatic amines is 1. The number of H-pyrrole nitrogens is 1. The summed E-state index contributed by atoms with van der Waals surface area (Å²) < 4.78 is 44.5. The van der Waals surface area contributed by atoms with Gasteiger partial charge in [-0.15, -0.1) is 13.2 Å². The summed E-state index contributed by atoms with van der Waals surface area (Å²) in [5.74, 6) is -1.33. The van der Waals surface area contributed by atoms with E-state index in [1.807, 2.05) is 0 Å². The van der Waals surface area contributed by atoms with E-state index in [1.54, 1.807) is 18.5 Å². The third-order valence-corrected chi connectivity index (χ3v) is 4.56. The maximum Gasteiger partial charge on any atom is 0.573 e. The third kappa shape index (κ3) is 6.07. The number of benzene rings is 1. The molecule has 0 saturated carbocycles. The standard InChI is InChI=1S/C18H15BrF3N5O4/c19-12-3-2-11(14(8-12)31-18(20,21)22)10-23-16(29)13-9-15(28)27(17(30)25-13)7-6-26-5-1-4-24-26/h1-5,8-9H,6-7,10H2,(H,23,29)(H,25,30). The molecule has 0 radical (unpaired) electrons. The quantitative estimate of drug-likeness (QED) is 0.514. The number of alkyl halides is 3. The average molecular weight is 502 g/mol. The number of hydrogen-bond acceptors (Lipinski definition) is 5. The van der Waals surface area contributed by atoms with E-state index in [4.69, 9.17) is 0 Å². The number of amides is 1. The molecule has 2 N–H and O–H groups in total. The van der Waals surface area contributed by atoms with Gasteiger partial charge in [0, 0.05) is 35.0 Å². The lowest BCUT2D eigenvalue weighted by molar-refractivity contribution is -0.274. The molecule has 1 aromatic carbocycles. The van der Waals surface area contributed by atoms with Crippen molar-refractivity contribution in [1.82, 2.24) is 24.6 Å². The lowest BCUT2D eigenvalue weighted by Gasteiger charge is -2.14. The molecule has 2 aromatic heterocycles. The zero-order valence-electron chi connectivity index (χ0n) is 15.6. The number of aryl methyl sites for hydroxylation is 1. The van der Waals surface area contributed by atoms with Crippen LogP contribution in [0.2, 0.25) is 0 Å². The molecular weight excluding hydrogens is 487 g/mol. The molecule has 31 heavy (non-hydrogen) atoms. The third-order valence-electron chi connectivity index (χ3n) is 4.07. The van der Waals surface area contributed by atoms with Crippen LogP contribution in [-0.2, 0) is 19.6 Å². The molecule has 1 amide bonds. The SMILES string of the molecule is O=C(NCc1ccc(Br)cc1OC(F)(F)F)c1cc(=O)n(CCn2cccn2)c(=O)[nH]1. The van der Waals surface area contributed by atoms with Gasteiger partial charge in [-0.1, -0.05) is 22.0 Å². The molecular formula is C18H15BrF3N5O4. The Bertz CT molecular complexity index is 1160. The molecule has 0 unspecified atom stereocenters. The minimum atomic E-state index is -4.91. The van der Waals surface area contributed by atoms with Gasteiger partial charge in [0.2, 0.25) is 0 Å². The molecule has 0 saturated heterocycles. The highest BCUT2D eigenvalue weighted by atomic mass is 79.9. The number of nitrogens with zero attached hydrogens (tertiary/aromatic N) is 3. The van der Waals surface area contributed by atoms with Crippen molar-refractivity contribution in [3.05, 3.63) is 79.3 Å². The number of halogens is 4. The van der Waals surface area contributed by atoms with E-state index in [-0.39, 0.29) is 30.9 Å². The van der Waals surface area contributed by atoms with Gasteiger partial charge in [-0.2, -0.15) is 5.10 Å². The number of ether oxygens (including phenoxy) is 1. The Morgan fingerprint density at radius 2 is 2.00 bits per heavy atom. The minimum Gasteiger partial charge on any atom is -0.405 e. The molecule has 0 aliphatic rings. The summed E-state index contributed by atoms with van der Waals surface area (Å²) in [7, 11) is 0.